The molecule has 21 heavy (non-hydrogen) atoms. The van der Waals surface area contributed by atoms with Gasteiger partial charge in [-0.05, 0) is 29.9 Å². The van der Waals surface area contributed by atoms with Gasteiger partial charge in [-0.3, -0.25) is 4.79 Å². The van der Waals surface area contributed by atoms with Gasteiger partial charge in [-0.2, -0.15) is 0 Å². The molecule has 0 unspecified atom stereocenters. The molecule has 0 spiro atoms. The lowest BCUT2D eigenvalue weighted by Gasteiger charge is -2.24. The van der Waals surface area contributed by atoms with Crippen LogP contribution in [0.2, 0.25) is 0 Å². The van der Waals surface area contributed by atoms with Crippen LogP contribution < -0.4 is 5.32 Å². The summed E-state index contributed by atoms with van der Waals surface area (Å²) < 4.78 is 0. The number of rotatable bonds is 5. The number of aliphatic hydroxyl groups is 1. The van der Waals surface area contributed by atoms with Gasteiger partial charge in [-0.25, -0.2) is 4.98 Å². The molecule has 1 aromatic rings. The third-order valence-corrected chi connectivity index (χ3v) is 3.52. The third kappa shape index (κ3) is 5.57. The third-order valence-electron chi connectivity index (χ3n) is 3.52. The van der Waals surface area contributed by atoms with Crippen LogP contribution in [0.25, 0.3) is 0 Å². The van der Waals surface area contributed by atoms with E-state index in [2.05, 4.69) is 49.8 Å². The molecule has 0 saturated carbocycles. The van der Waals surface area contributed by atoms with Crippen molar-refractivity contribution in [1.82, 2.24) is 10.3 Å². The maximum Gasteiger partial charge on any atom is 0.269 e. The van der Waals surface area contributed by atoms with Crippen molar-refractivity contribution in [1.29, 1.82) is 0 Å². The van der Waals surface area contributed by atoms with Crippen LogP contribution in [0.4, 0.5) is 0 Å². The van der Waals surface area contributed by atoms with Gasteiger partial charge in [0, 0.05) is 18.3 Å². The molecule has 0 atom stereocenters. The summed E-state index contributed by atoms with van der Waals surface area (Å²) in [5.74, 6) is 6.62. The first-order valence-corrected chi connectivity index (χ1v) is 7.29. The number of aromatic nitrogens is 1. The second kappa shape index (κ2) is 8.43. The van der Waals surface area contributed by atoms with E-state index in [1.807, 2.05) is 0 Å². The second-order valence-electron chi connectivity index (χ2n) is 5.75. The summed E-state index contributed by atoms with van der Waals surface area (Å²) in [5, 5.41) is 11.6. The van der Waals surface area contributed by atoms with Gasteiger partial charge < -0.3 is 10.4 Å². The molecule has 0 fully saturated rings. The first-order chi connectivity index (χ1) is 9.95. The smallest absolute Gasteiger partial charge is 0.269 e. The highest BCUT2D eigenvalue weighted by molar-refractivity contribution is 5.92. The Kier molecular flexibility index (Phi) is 6.90. The molecule has 2 N–H and O–H groups in total. The number of carbonyl (C=O) groups excluding carboxylic acids is 1. The van der Waals surface area contributed by atoms with Gasteiger partial charge in [-0.1, -0.05) is 39.5 Å². The second-order valence-corrected chi connectivity index (χ2v) is 5.75. The van der Waals surface area contributed by atoms with Crippen molar-refractivity contribution in [2.75, 3.05) is 13.2 Å². The van der Waals surface area contributed by atoms with Crippen LogP contribution >= 0.6 is 0 Å². The Labute approximate surface area is 127 Å². The van der Waals surface area contributed by atoms with Gasteiger partial charge in [0.2, 0.25) is 0 Å². The Morgan fingerprint density at radius 3 is 2.43 bits per heavy atom. The Balaban J connectivity index is 2.63. The summed E-state index contributed by atoms with van der Waals surface area (Å²) in [4.78, 5) is 16.2. The Morgan fingerprint density at radius 1 is 1.29 bits per heavy atom. The molecule has 114 valence electrons. The number of pyridine rings is 1. The van der Waals surface area contributed by atoms with E-state index >= 15 is 0 Å². The minimum atomic E-state index is -0.186. The van der Waals surface area contributed by atoms with Crippen LogP contribution in [0.3, 0.4) is 0 Å². The van der Waals surface area contributed by atoms with E-state index in [9.17, 15) is 4.79 Å². The molecule has 0 aliphatic carbocycles. The average molecular weight is 288 g/mol. The highest BCUT2D eigenvalue weighted by Crippen LogP contribution is 2.19. The first-order valence-electron chi connectivity index (χ1n) is 7.29. The van der Waals surface area contributed by atoms with Crippen molar-refractivity contribution in [2.45, 2.75) is 27.7 Å². The highest BCUT2D eigenvalue weighted by atomic mass is 16.2. The van der Waals surface area contributed by atoms with Crippen molar-refractivity contribution >= 4 is 5.91 Å². The van der Waals surface area contributed by atoms with E-state index in [1.54, 1.807) is 18.3 Å². The highest BCUT2D eigenvalue weighted by Gasteiger charge is 2.18. The van der Waals surface area contributed by atoms with E-state index in [0.29, 0.717) is 35.6 Å². The largest absolute Gasteiger partial charge is 0.384 e. The number of carbonyl (C=O) groups is 1. The zero-order valence-corrected chi connectivity index (χ0v) is 13.2. The lowest BCUT2D eigenvalue weighted by atomic mass is 9.85. The van der Waals surface area contributed by atoms with Crippen molar-refractivity contribution in [3.05, 3.63) is 29.6 Å². The van der Waals surface area contributed by atoms with Gasteiger partial charge in [0.15, 0.2) is 0 Å². The molecule has 0 saturated heterocycles. The molecule has 4 nitrogen and oxygen atoms in total. The fraction of sp³-hybridized carbons (Fsp3) is 0.529. The molecule has 0 aliphatic heterocycles. The standard InChI is InChI=1S/C17H24N2O2/c1-12(2)15(13(3)4)11-19-17(21)16-8-7-14(10-18-16)6-5-9-20/h7-8,10,12-13,15,20H,9,11H2,1-4H3,(H,19,21). The average Bonchev–Trinajstić information content (AvgIpc) is 2.44. The lowest BCUT2D eigenvalue weighted by molar-refractivity contribution is 0.0932. The maximum absolute atomic E-state index is 12.1. The van der Waals surface area contributed by atoms with E-state index in [-0.39, 0.29) is 12.5 Å². The van der Waals surface area contributed by atoms with Crippen LogP contribution in [0.15, 0.2) is 18.3 Å². The molecule has 1 heterocycles. The molecular weight excluding hydrogens is 264 g/mol. The van der Waals surface area contributed by atoms with Crippen LogP contribution in [0.1, 0.15) is 43.7 Å². The van der Waals surface area contributed by atoms with E-state index < -0.39 is 0 Å². The molecule has 0 aliphatic rings. The fourth-order valence-electron chi connectivity index (χ4n) is 2.29. The Bertz CT molecular complexity index is 502. The minimum absolute atomic E-state index is 0.164. The Morgan fingerprint density at radius 2 is 1.95 bits per heavy atom. The predicted molar refractivity (Wildman–Crippen MR) is 83.7 cm³/mol. The van der Waals surface area contributed by atoms with Crippen LogP contribution in [0.5, 0.6) is 0 Å². The fourth-order valence-corrected chi connectivity index (χ4v) is 2.29. The van der Waals surface area contributed by atoms with Gasteiger partial charge in [0.25, 0.3) is 5.91 Å². The molecule has 0 aromatic carbocycles. The molecule has 0 bridgehead atoms. The predicted octanol–water partition coefficient (Wildman–Crippen LogP) is 2.08. The van der Waals surface area contributed by atoms with E-state index in [0.717, 1.165) is 0 Å². The summed E-state index contributed by atoms with van der Waals surface area (Å²) in [7, 11) is 0. The summed E-state index contributed by atoms with van der Waals surface area (Å²) >= 11 is 0. The van der Waals surface area contributed by atoms with Crippen LogP contribution in [-0.2, 0) is 0 Å². The van der Waals surface area contributed by atoms with E-state index in [1.165, 1.54) is 0 Å². The lowest BCUT2D eigenvalue weighted by Crippen LogP contribution is -2.34. The summed E-state index contributed by atoms with van der Waals surface area (Å²) in [6.45, 7) is 9.15. The zero-order valence-electron chi connectivity index (χ0n) is 13.2. The molecule has 0 radical (unpaired) electrons. The number of hydrogen-bond acceptors (Lipinski definition) is 3. The van der Waals surface area contributed by atoms with E-state index in [4.69, 9.17) is 5.11 Å². The topological polar surface area (TPSA) is 62.2 Å². The van der Waals surface area contributed by atoms with Crippen LogP contribution in [0, 0.1) is 29.6 Å². The molecular formula is C17H24N2O2. The molecule has 1 amide bonds. The number of nitrogens with zero attached hydrogens (tertiary/aromatic N) is 1. The monoisotopic (exact) mass is 288 g/mol. The number of hydrogen-bond donors (Lipinski definition) is 2. The maximum atomic E-state index is 12.1. The summed E-state index contributed by atoms with van der Waals surface area (Å²) in [6, 6.07) is 3.38. The normalized spacial score (nSPS) is 10.7. The van der Waals surface area contributed by atoms with Crippen molar-refractivity contribution in [3.8, 4) is 11.8 Å². The molecule has 1 rings (SSSR count). The first kappa shape index (κ1) is 17.2. The quantitative estimate of drug-likeness (QED) is 0.816. The van der Waals surface area contributed by atoms with Crippen LogP contribution in [-0.4, -0.2) is 29.1 Å². The van der Waals surface area contributed by atoms with Gasteiger partial charge >= 0.3 is 0 Å². The minimum Gasteiger partial charge on any atom is -0.384 e. The van der Waals surface area contributed by atoms with Gasteiger partial charge in [0.05, 0.1) is 0 Å². The van der Waals surface area contributed by atoms with Gasteiger partial charge in [0.1, 0.15) is 12.3 Å². The number of nitrogens with one attached hydrogen (secondary N) is 1. The van der Waals surface area contributed by atoms with Crippen molar-refractivity contribution in [2.24, 2.45) is 17.8 Å². The Hall–Kier alpha value is -1.86. The molecule has 1 aromatic heterocycles. The van der Waals surface area contributed by atoms with Crippen molar-refractivity contribution < 1.29 is 9.90 Å². The SMILES string of the molecule is CC(C)C(CNC(=O)c1ccc(C#CCO)cn1)C(C)C. The molecule has 4 heteroatoms. The summed E-state index contributed by atoms with van der Waals surface area (Å²) in [5.41, 5.74) is 1.07. The van der Waals surface area contributed by atoms with Crippen molar-refractivity contribution in [3.63, 3.8) is 0 Å². The summed E-state index contributed by atoms with van der Waals surface area (Å²) in [6.07, 6.45) is 1.54. The van der Waals surface area contributed by atoms with Gasteiger partial charge in [-0.15, -0.1) is 0 Å². The zero-order chi connectivity index (χ0) is 15.8. The number of amides is 1. The number of aliphatic hydroxyl groups excluding tert-OH is 1.